The van der Waals surface area contributed by atoms with E-state index in [-0.39, 0.29) is 0 Å². The Labute approximate surface area is 126 Å². The maximum Gasteiger partial charge on any atom is 0.336 e. The average Bonchev–Trinajstić information content (AvgIpc) is 2.83. The fraction of sp³-hybridized carbons (Fsp3) is 0.333. The van der Waals surface area contributed by atoms with Gasteiger partial charge in [-0.1, -0.05) is 36.2 Å². The lowest BCUT2D eigenvalue weighted by Gasteiger charge is -2.13. The number of aromatic carboxylic acids is 1. The van der Waals surface area contributed by atoms with E-state index in [4.69, 9.17) is 23.2 Å². The third kappa shape index (κ3) is 1.88. The van der Waals surface area contributed by atoms with Crippen LogP contribution >= 0.6 is 23.2 Å². The third-order valence-electron chi connectivity index (χ3n) is 4.02. The van der Waals surface area contributed by atoms with Crippen LogP contribution in [0.15, 0.2) is 12.1 Å². The molecule has 1 aromatic heterocycles. The van der Waals surface area contributed by atoms with Crippen molar-refractivity contribution < 1.29 is 9.90 Å². The van der Waals surface area contributed by atoms with Crippen LogP contribution in [0.5, 0.6) is 0 Å². The van der Waals surface area contributed by atoms with Gasteiger partial charge in [0.1, 0.15) is 0 Å². The zero-order valence-corrected chi connectivity index (χ0v) is 12.4. The fourth-order valence-electron chi connectivity index (χ4n) is 3.02. The zero-order valence-electron chi connectivity index (χ0n) is 10.9. The van der Waals surface area contributed by atoms with E-state index in [1.165, 1.54) is 0 Å². The summed E-state index contributed by atoms with van der Waals surface area (Å²) in [6.07, 6.45) is 2.65. The molecule has 3 nitrogen and oxygen atoms in total. The number of carboxylic acids is 1. The van der Waals surface area contributed by atoms with Crippen molar-refractivity contribution in [1.29, 1.82) is 0 Å². The summed E-state index contributed by atoms with van der Waals surface area (Å²) in [5.41, 5.74) is 2.56. The summed E-state index contributed by atoms with van der Waals surface area (Å²) in [5, 5.41) is 10.9. The van der Waals surface area contributed by atoms with Crippen molar-refractivity contribution in [3.63, 3.8) is 0 Å². The molecule has 5 heteroatoms. The van der Waals surface area contributed by atoms with Gasteiger partial charge in [0.05, 0.1) is 21.1 Å². The predicted octanol–water partition coefficient (Wildman–Crippen LogP) is 4.68. The van der Waals surface area contributed by atoms with Crippen LogP contribution in [0, 0.1) is 0 Å². The van der Waals surface area contributed by atoms with Gasteiger partial charge in [-0.05, 0) is 30.9 Å². The molecule has 20 heavy (non-hydrogen) atoms. The van der Waals surface area contributed by atoms with Crippen LogP contribution in [0.1, 0.15) is 47.3 Å². The summed E-state index contributed by atoms with van der Waals surface area (Å²) in [7, 11) is 0. The number of hydrogen-bond acceptors (Lipinski definition) is 2. The molecule has 1 N–H and O–H groups in total. The van der Waals surface area contributed by atoms with Crippen molar-refractivity contribution in [2.45, 2.75) is 32.1 Å². The van der Waals surface area contributed by atoms with Gasteiger partial charge >= 0.3 is 5.97 Å². The Morgan fingerprint density at radius 1 is 1.45 bits per heavy atom. The molecule has 1 unspecified atom stereocenters. The second-order valence-electron chi connectivity index (χ2n) is 5.06. The minimum atomic E-state index is -0.927. The van der Waals surface area contributed by atoms with Crippen LogP contribution in [-0.4, -0.2) is 16.1 Å². The third-order valence-corrected chi connectivity index (χ3v) is 4.81. The highest BCUT2D eigenvalue weighted by molar-refractivity contribution is 6.45. The van der Waals surface area contributed by atoms with Gasteiger partial charge in [-0.2, -0.15) is 0 Å². The van der Waals surface area contributed by atoms with Crippen molar-refractivity contribution >= 4 is 40.1 Å². The molecule has 1 atom stereocenters. The first-order valence-corrected chi connectivity index (χ1v) is 7.34. The summed E-state index contributed by atoms with van der Waals surface area (Å²) >= 11 is 12.2. The Morgan fingerprint density at radius 3 is 2.85 bits per heavy atom. The van der Waals surface area contributed by atoms with Crippen LogP contribution in [-0.2, 0) is 6.42 Å². The van der Waals surface area contributed by atoms with Gasteiger partial charge in [0.25, 0.3) is 0 Å². The molecule has 3 rings (SSSR count). The van der Waals surface area contributed by atoms with E-state index in [1.54, 1.807) is 12.1 Å². The van der Waals surface area contributed by atoms with Crippen molar-refractivity contribution in [3.8, 4) is 0 Å². The topological polar surface area (TPSA) is 50.2 Å². The first-order chi connectivity index (χ1) is 9.54. The number of fused-ring (bicyclic) bond motifs is 2. The summed E-state index contributed by atoms with van der Waals surface area (Å²) in [6, 6.07) is 3.32. The van der Waals surface area contributed by atoms with Gasteiger partial charge < -0.3 is 5.11 Å². The molecule has 1 aliphatic rings. The highest BCUT2D eigenvalue weighted by Gasteiger charge is 2.30. The number of halogens is 2. The molecule has 0 fully saturated rings. The van der Waals surface area contributed by atoms with Gasteiger partial charge in [0.15, 0.2) is 0 Å². The summed E-state index contributed by atoms with van der Waals surface area (Å²) < 4.78 is 0. The van der Waals surface area contributed by atoms with Gasteiger partial charge in [-0.25, -0.2) is 4.79 Å². The number of rotatable bonds is 2. The first-order valence-electron chi connectivity index (χ1n) is 6.58. The lowest BCUT2D eigenvalue weighted by Crippen LogP contribution is -2.06. The average molecular weight is 310 g/mol. The highest BCUT2D eigenvalue weighted by Crippen LogP contribution is 2.41. The van der Waals surface area contributed by atoms with E-state index in [2.05, 4.69) is 11.9 Å². The molecule has 0 amide bonds. The Bertz CT molecular complexity index is 728. The molecule has 1 aliphatic carbocycles. The maximum atomic E-state index is 11.7. The van der Waals surface area contributed by atoms with Crippen molar-refractivity contribution in [1.82, 2.24) is 4.98 Å². The molecular weight excluding hydrogens is 297 g/mol. The standard InChI is InChI=1S/C15H13Cl2NO2/c1-2-7-3-4-8-11(15(19)20)9-5-6-10(16)12(17)14(9)18-13(7)8/h5-7H,2-4H2,1H3,(H,19,20). The Morgan fingerprint density at radius 2 is 2.20 bits per heavy atom. The largest absolute Gasteiger partial charge is 0.478 e. The lowest BCUT2D eigenvalue weighted by molar-refractivity contribution is 0.0698. The number of benzene rings is 1. The number of pyridine rings is 1. The molecule has 0 saturated heterocycles. The van der Waals surface area contributed by atoms with Gasteiger partial charge in [-0.15, -0.1) is 0 Å². The molecule has 1 heterocycles. The monoisotopic (exact) mass is 309 g/mol. The molecule has 0 saturated carbocycles. The van der Waals surface area contributed by atoms with Gasteiger partial charge in [0.2, 0.25) is 0 Å². The summed E-state index contributed by atoms with van der Waals surface area (Å²) in [4.78, 5) is 16.3. The Hall–Kier alpha value is -1.32. The van der Waals surface area contributed by atoms with Crippen LogP contribution < -0.4 is 0 Å². The minimum Gasteiger partial charge on any atom is -0.478 e. The molecule has 0 spiro atoms. The van der Waals surface area contributed by atoms with Crippen LogP contribution in [0.3, 0.4) is 0 Å². The smallest absolute Gasteiger partial charge is 0.336 e. The van der Waals surface area contributed by atoms with E-state index in [1.807, 2.05) is 0 Å². The molecule has 1 aromatic carbocycles. The second-order valence-corrected chi connectivity index (χ2v) is 5.84. The highest BCUT2D eigenvalue weighted by atomic mass is 35.5. The maximum absolute atomic E-state index is 11.7. The quantitative estimate of drug-likeness (QED) is 0.876. The van der Waals surface area contributed by atoms with Gasteiger partial charge in [0, 0.05) is 17.0 Å². The fourth-order valence-corrected chi connectivity index (χ4v) is 3.38. The Kier molecular flexibility index (Phi) is 3.35. The van der Waals surface area contributed by atoms with E-state index in [9.17, 15) is 9.90 Å². The number of hydrogen-bond donors (Lipinski definition) is 1. The van der Waals surface area contributed by atoms with Crippen LogP contribution in [0.4, 0.5) is 0 Å². The lowest BCUT2D eigenvalue weighted by atomic mass is 9.99. The van der Waals surface area contributed by atoms with Crippen LogP contribution in [0.25, 0.3) is 10.9 Å². The molecule has 0 aliphatic heterocycles. The predicted molar refractivity (Wildman–Crippen MR) is 80.1 cm³/mol. The van der Waals surface area contributed by atoms with Crippen molar-refractivity contribution in [3.05, 3.63) is 39.0 Å². The number of nitrogens with zero attached hydrogens (tertiary/aromatic N) is 1. The molecule has 2 aromatic rings. The van der Waals surface area contributed by atoms with Gasteiger partial charge in [-0.3, -0.25) is 4.98 Å². The zero-order chi connectivity index (χ0) is 14.4. The van der Waals surface area contributed by atoms with E-state index in [0.717, 1.165) is 30.5 Å². The summed E-state index contributed by atoms with van der Waals surface area (Å²) in [5.74, 6) is -0.619. The summed E-state index contributed by atoms with van der Waals surface area (Å²) in [6.45, 7) is 2.09. The number of carbonyl (C=O) groups is 1. The normalized spacial score (nSPS) is 17.4. The first kappa shape index (κ1) is 13.7. The molecule has 0 bridgehead atoms. The van der Waals surface area contributed by atoms with E-state index < -0.39 is 5.97 Å². The number of aromatic nitrogens is 1. The molecular formula is C15H13Cl2NO2. The number of carboxylic acid groups (broad SMARTS) is 1. The van der Waals surface area contributed by atoms with E-state index >= 15 is 0 Å². The van der Waals surface area contributed by atoms with Crippen molar-refractivity contribution in [2.75, 3.05) is 0 Å². The van der Waals surface area contributed by atoms with E-state index in [0.29, 0.717) is 32.4 Å². The minimum absolute atomic E-state index is 0.308. The SMILES string of the molecule is CCC1CCc2c1nc1c(Cl)c(Cl)ccc1c2C(=O)O. The molecule has 0 radical (unpaired) electrons. The van der Waals surface area contributed by atoms with Crippen molar-refractivity contribution in [2.24, 2.45) is 0 Å². The second kappa shape index (κ2) is 4.90. The van der Waals surface area contributed by atoms with Crippen LogP contribution in [0.2, 0.25) is 10.0 Å². The molecule has 104 valence electrons. The Balaban J connectivity index is 2.44.